The van der Waals surface area contributed by atoms with E-state index in [1.54, 1.807) is 0 Å². The Hall–Kier alpha value is -2.82. The predicted octanol–water partition coefficient (Wildman–Crippen LogP) is 2.52. The summed E-state index contributed by atoms with van der Waals surface area (Å²) in [6.45, 7) is 1.67. The quantitative estimate of drug-likeness (QED) is 0.725. The highest BCUT2D eigenvalue weighted by Gasteiger charge is 2.06. The molecule has 0 aliphatic rings. The first kappa shape index (κ1) is 14.1. The molecule has 0 spiro atoms. The van der Waals surface area contributed by atoms with Gasteiger partial charge in [-0.1, -0.05) is 54.6 Å². The Morgan fingerprint density at radius 3 is 2.36 bits per heavy atom. The summed E-state index contributed by atoms with van der Waals surface area (Å²) in [6, 6.07) is 18.5. The van der Waals surface area contributed by atoms with Crippen LogP contribution in [-0.2, 0) is 17.8 Å². The molecule has 1 heterocycles. The summed E-state index contributed by atoms with van der Waals surface area (Å²) in [4.78, 5) is 12.4. The Morgan fingerprint density at radius 2 is 1.68 bits per heavy atom. The van der Waals surface area contributed by atoms with E-state index in [1.165, 1.54) is 22.8 Å². The molecule has 3 rings (SSSR count). The van der Waals surface area contributed by atoms with Crippen molar-refractivity contribution in [3.8, 4) is 11.1 Å². The minimum atomic E-state index is 0.0103. The van der Waals surface area contributed by atoms with Crippen molar-refractivity contribution in [2.24, 2.45) is 0 Å². The Morgan fingerprint density at radius 1 is 1.00 bits per heavy atom. The van der Waals surface area contributed by atoms with Gasteiger partial charge in [0.15, 0.2) is 11.6 Å². The van der Waals surface area contributed by atoms with Gasteiger partial charge in [0.25, 0.3) is 0 Å². The second-order valence-electron chi connectivity index (χ2n) is 5.18. The van der Waals surface area contributed by atoms with Crippen molar-refractivity contribution < 1.29 is 4.79 Å². The van der Waals surface area contributed by atoms with Crippen molar-refractivity contribution in [2.75, 3.05) is 0 Å². The van der Waals surface area contributed by atoms with Gasteiger partial charge in [0.2, 0.25) is 0 Å². The first-order valence-electron chi connectivity index (χ1n) is 7.11. The number of carbonyl (C=O) groups is 1. The van der Waals surface area contributed by atoms with E-state index in [1.807, 2.05) is 18.2 Å². The predicted molar refractivity (Wildman–Crippen MR) is 83.2 cm³/mol. The maximum Gasteiger partial charge on any atom is 0.179 e. The number of hydrogen-bond acceptors (Lipinski definition) is 4. The molecule has 0 radical (unpaired) electrons. The molecule has 0 aliphatic heterocycles. The molecule has 0 amide bonds. The Kier molecular flexibility index (Phi) is 4.05. The van der Waals surface area contributed by atoms with E-state index in [9.17, 15) is 4.79 Å². The molecule has 0 saturated heterocycles. The molecule has 0 saturated carbocycles. The minimum absolute atomic E-state index is 0.0103. The number of rotatable bonds is 5. The van der Waals surface area contributed by atoms with Gasteiger partial charge in [0.05, 0.1) is 0 Å². The second-order valence-corrected chi connectivity index (χ2v) is 5.18. The van der Waals surface area contributed by atoms with Gasteiger partial charge in [-0.2, -0.15) is 4.80 Å². The average molecular weight is 292 g/mol. The molecule has 5 heteroatoms. The van der Waals surface area contributed by atoms with Gasteiger partial charge in [0, 0.05) is 6.42 Å². The second kappa shape index (κ2) is 6.30. The number of ketones is 1. The summed E-state index contributed by atoms with van der Waals surface area (Å²) >= 11 is 0. The Labute approximate surface area is 128 Å². The van der Waals surface area contributed by atoms with Crippen molar-refractivity contribution in [3.63, 3.8) is 0 Å². The van der Waals surface area contributed by atoms with Gasteiger partial charge >= 0.3 is 0 Å². The Balaban J connectivity index is 1.71. The summed E-state index contributed by atoms with van der Waals surface area (Å²) in [7, 11) is 0. The average Bonchev–Trinajstić information content (AvgIpc) is 2.95. The minimum Gasteiger partial charge on any atom is -0.298 e. The number of nitrogens with zero attached hydrogens (tertiary/aromatic N) is 4. The molecule has 2 aromatic carbocycles. The van der Waals surface area contributed by atoms with Crippen LogP contribution in [0.4, 0.5) is 0 Å². The zero-order chi connectivity index (χ0) is 15.4. The van der Waals surface area contributed by atoms with Crippen LogP contribution in [0.1, 0.15) is 18.3 Å². The van der Waals surface area contributed by atoms with Gasteiger partial charge in [-0.05, 0) is 28.8 Å². The molecule has 0 aliphatic carbocycles. The van der Waals surface area contributed by atoms with Crippen LogP contribution < -0.4 is 0 Å². The van der Waals surface area contributed by atoms with Crippen molar-refractivity contribution in [1.82, 2.24) is 20.2 Å². The highest BCUT2D eigenvalue weighted by Crippen LogP contribution is 2.19. The molecule has 0 unspecified atom stereocenters. The Bertz CT molecular complexity index is 763. The van der Waals surface area contributed by atoms with Crippen molar-refractivity contribution >= 4 is 5.78 Å². The molecule has 0 N–H and O–H groups in total. The third-order valence-electron chi connectivity index (χ3n) is 3.28. The fraction of sp³-hybridized carbons (Fsp3) is 0.176. The van der Waals surface area contributed by atoms with Crippen LogP contribution in [0.15, 0.2) is 54.6 Å². The lowest BCUT2D eigenvalue weighted by Crippen LogP contribution is -2.09. The van der Waals surface area contributed by atoms with Crippen molar-refractivity contribution in [3.05, 3.63) is 66.0 Å². The topological polar surface area (TPSA) is 60.7 Å². The maximum absolute atomic E-state index is 11.0. The van der Waals surface area contributed by atoms with Crippen LogP contribution in [0, 0.1) is 0 Å². The van der Waals surface area contributed by atoms with Gasteiger partial charge in [-0.15, -0.1) is 10.2 Å². The summed E-state index contributed by atoms with van der Waals surface area (Å²) < 4.78 is 0. The van der Waals surface area contributed by atoms with E-state index in [0.29, 0.717) is 12.2 Å². The number of hydrogen-bond donors (Lipinski definition) is 0. The summed E-state index contributed by atoms with van der Waals surface area (Å²) in [5.41, 5.74) is 3.49. The molecule has 22 heavy (non-hydrogen) atoms. The lowest BCUT2D eigenvalue weighted by Gasteiger charge is -2.03. The molecule has 0 fully saturated rings. The van der Waals surface area contributed by atoms with E-state index in [0.717, 1.165) is 5.56 Å². The van der Waals surface area contributed by atoms with Gasteiger partial charge < -0.3 is 0 Å². The van der Waals surface area contributed by atoms with Crippen LogP contribution in [0.2, 0.25) is 0 Å². The first-order valence-corrected chi connectivity index (χ1v) is 7.11. The molecule has 0 atom stereocenters. The number of benzene rings is 2. The van der Waals surface area contributed by atoms with E-state index < -0.39 is 0 Å². The number of aromatic nitrogens is 4. The monoisotopic (exact) mass is 292 g/mol. The zero-order valence-corrected chi connectivity index (χ0v) is 12.3. The van der Waals surface area contributed by atoms with Crippen LogP contribution in [-0.4, -0.2) is 26.0 Å². The zero-order valence-electron chi connectivity index (χ0n) is 12.3. The van der Waals surface area contributed by atoms with E-state index in [4.69, 9.17) is 0 Å². The summed E-state index contributed by atoms with van der Waals surface area (Å²) in [6.07, 6.45) is 0.604. The van der Waals surface area contributed by atoms with Crippen LogP contribution in [0.5, 0.6) is 0 Å². The third kappa shape index (κ3) is 3.44. The molecule has 3 aromatic rings. The standard InChI is InChI=1S/C17H16N4O/c1-13(22)12-21-19-17(18-20-21)11-14-7-9-16(10-8-14)15-5-3-2-4-6-15/h2-10H,11-12H2,1H3. The van der Waals surface area contributed by atoms with Crippen molar-refractivity contribution in [1.29, 1.82) is 0 Å². The first-order chi connectivity index (χ1) is 10.7. The van der Waals surface area contributed by atoms with Crippen LogP contribution in [0.25, 0.3) is 11.1 Å². The fourth-order valence-corrected chi connectivity index (χ4v) is 2.24. The van der Waals surface area contributed by atoms with E-state index in [-0.39, 0.29) is 12.3 Å². The van der Waals surface area contributed by atoms with Gasteiger partial charge in [-0.25, -0.2) is 0 Å². The normalized spacial score (nSPS) is 10.6. The highest BCUT2D eigenvalue weighted by molar-refractivity contribution is 5.74. The SMILES string of the molecule is CC(=O)Cn1nnc(Cc2ccc(-c3ccccc3)cc2)n1. The van der Waals surface area contributed by atoms with Crippen molar-refractivity contribution in [2.45, 2.75) is 19.9 Å². The highest BCUT2D eigenvalue weighted by atomic mass is 16.1. The molecular formula is C17H16N4O. The summed E-state index contributed by atoms with van der Waals surface area (Å²) in [5, 5.41) is 12.0. The fourth-order valence-electron chi connectivity index (χ4n) is 2.24. The molecular weight excluding hydrogens is 276 g/mol. The van der Waals surface area contributed by atoms with Gasteiger partial charge in [0.1, 0.15) is 6.54 Å². The number of tetrazole rings is 1. The van der Waals surface area contributed by atoms with E-state index in [2.05, 4.69) is 51.8 Å². The third-order valence-corrected chi connectivity index (χ3v) is 3.28. The smallest absolute Gasteiger partial charge is 0.179 e. The van der Waals surface area contributed by atoms with Crippen LogP contribution >= 0.6 is 0 Å². The summed E-state index contributed by atoms with van der Waals surface area (Å²) in [5.74, 6) is 0.630. The lowest BCUT2D eigenvalue weighted by molar-refractivity contribution is -0.117. The lowest BCUT2D eigenvalue weighted by atomic mass is 10.0. The number of carbonyl (C=O) groups excluding carboxylic acids is 1. The molecule has 0 bridgehead atoms. The number of Topliss-reactive ketones (excluding diaryl/α,β-unsaturated/α-hetero) is 1. The van der Waals surface area contributed by atoms with Gasteiger partial charge in [-0.3, -0.25) is 4.79 Å². The largest absolute Gasteiger partial charge is 0.298 e. The molecule has 110 valence electrons. The van der Waals surface area contributed by atoms with E-state index >= 15 is 0 Å². The maximum atomic E-state index is 11.0. The molecule has 1 aromatic heterocycles. The van der Waals surface area contributed by atoms with Crippen LogP contribution in [0.3, 0.4) is 0 Å². The molecule has 5 nitrogen and oxygen atoms in total.